The zero-order chi connectivity index (χ0) is 24.2. The zero-order valence-corrected chi connectivity index (χ0v) is 24.0. The molecule has 0 spiro atoms. The SMILES string of the molecule is CCC[Si](CCC)(CCC)c1ccccc1Nc1cc(C(C)(C)C)cc(C(C)(C)C)c1S. The molecule has 0 aliphatic carbocycles. The van der Waals surface area contributed by atoms with Crippen LogP contribution in [0, 0.1) is 0 Å². The maximum atomic E-state index is 5.06. The fourth-order valence-corrected chi connectivity index (χ4v) is 11.3. The standard InChI is InChI=1S/C29H47NSSi/c1-10-17-32(18-11-2,19-12-3)26-16-14-13-15-24(26)30-25-21-22(28(4,5)6)20-23(27(25)31)29(7,8)9/h13-16,20-21,30-31H,10-12,17-19H2,1-9H3. The van der Waals surface area contributed by atoms with E-state index in [0.29, 0.717) is 0 Å². The first-order valence-corrected chi connectivity index (χ1v) is 15.7. The van der Waals surface area contributed by atoms with E-state index in [0.717, 1.165) is 10.6 Å². The van der Waals surface area contributed by atoms with Gasteiger partial charge in [0.05, 0.1) is 13.8 Å². The maximum Gasteiger partial charge on any atom is 0.0894 e. The summed E-state index contributed by atoms with van der Waals surface area (Å²) < 4.78 is 0. The molecule has 3 heteroatoms. The van der Waals surface area contributed by atoms with Crippen LogP contribution in [0.5, 0.6) is 0 Å². The van der Waals surface area contributed by atoms with Crippen molar-refractivity contribution in [3.8, 4) is 0 Å². The van der Waals surface area contributed by atoms with Crippen LogP contribution < -0.4 is 10.5 Å². The van der Waals surface area contributed by atoms with Crippen LogP contribution in [-0.2, 0) is 10.8 Å². The molecule has 2 aromatic rings. The molecule has 1 N–H and O–H groups in total. The van der Waals surface area contributed by atoms with Crippen molar-refractivity contribution in [3.05, 3.63) is 47.5 Å². The molecule has 1 nitrogen and oxygen atoms in total. The smallest absolute Gasteiger partial charge is 0.0894 e. The molecule has 0 aliphatic heterocycles. The number of thiol groups is 1. The van der Waals surface area contributed by atoms with E-state index >= 15 is 0 Å². The number of hydrogen-bond donors (Lipinski definition) is 2. The van der Waals surface area contributed by atoms with Crippen LogP contribution in [0.25, 0.3) is 0 Å². The van der Waals surface area contributed by atoms with Crippen molar-refractivity contribution in [3.63, 3.8) is 0 Å². The lowest BCUT2D eigenvalue weighted by molar-refractivity contribution is 0.560. The van der Waals surface area contributed by atoms with E-state index in [1.54, 1.807) is 5.19 Å². The minimum absolute atomic E-state index is 0.0411. The highest BCUT2D eigenvalue weighted by Crippen LogP contribution is 2.39. The predicted octanol–water partition coefficient (Wildman–Crippen LogP) is 9.20. The Morgan fingerprint density at radius 1 is 0.750 bits per heavy atom. The van der Waals surface area contributed by atoms with Crippen LogP contribution in [0.15, 0.2) is 41.3 Å². The highest BCUT2D eigenvalue weighted by molar-refractivity contribution is 7.80. The van der Waals surface area contributed by atoms with Gasteiger partial charge in [-0.15, -0.1) is 12.6 Å². The average molecular weight is 470 g/mol. The molecule has 0 aromatic heterocycles. The quantitative estimate of drug-likeness (QED) is 0.275. The Hall–Kier alpha value is -1.19. The summed E-state index contributed by atoms with van der Waals surface area (Å²) in [6.45, 7) is 20.8. The van der Waals surface area contributed by atoms with Crippen molar-refractivity contribution in [2.24, 2.45) is 0 Å². The van der Waals surface area contributed by atoms with Crippen LogP contribution in [0.3, 0.4) is 0 Å². The van der Waals surface area contributed by atoms with Gasteiger partial charge in [-0.05, 0) is 39.3 Å². The van der Waals surface area contributed by atoms with Crippen molar-refractivity contribution < 1.29 is 0 Å². The molecule has 0 unspecified atom stereocenters. The van der Waals surface area contributed by atoms with Gasteiger partial charge in [0, 0.05) is 10.6 Å². The molecule has 2 aromatic carbocycles. The van der Waals surface area contributed by atoms with Gasteiger partial charge in [-0.1, -0.05) is 124 Å². The van der Waals surface area contributed by atoms with E-state index in [4.69, 9.17) is 12.6 Å². The highest BCUT2D eigenvalue weighted by atomic mass is 32.1. The summed E-state index contributed by atoms with van der Waals surface area (Å²) in [6.07, 6.45) is 3.81. The van der Waals surface area contributed by atoms with Crippen LogP contribution in [0.4, 0.5) is 11.4 Å². The Bertz CT molecular complexity index is 872. The summed E-state index contributed by atoms with van der Waals surface area (Å²) in [5.74, 6) is 0. The van der Waals surface area contributed by atoms with Crippen molar-refractivity contribution in [2.75, 3.05) is 5.32 Å². The third-order valence-electron chi connectivity index (χ3n) is 6.74. The number of rotatable bonds is 9. The van der Waals surface area contributed by atoms with Crippen molar-refractivity contribution in [2.45, 2.75) is 115 Å². The second-order valence-electron chi connectivity index (χ2n) is 11.6. The van der Waals surface area contributed by atoms with E-state index in [2.05, 4.69) is 104 Å². The summed E-state index contributed by atoms with van der Waals surface area (Å²) in [4.78, 5) is 1.08. The van der Waals surface area contributed by atoms with Crippen molar-refractivity contribution in [1.29, 1.82) is 0 Å². The molecule has 32 heavy (non-hydrogen) atoms. The molecule has 0 atom stereocenters. The fraction of sp³-hybridized carbons (Fsp3) is 0.586. The first-order chi connectivity index (χ1) is 14.9. The van der Waals surface area contributed by atoms with Crippen LogP contribution in [0.1, 0.15) is 92.7 Å². The lowest BCUT2D eigenvalue weighted by Crippen LogP contribution is -2.48. The monoisotopic (exact) mass is 469 g/mol. The molecule has 0 saturated carbocycles. The van der Waals surface area contributed by atoms with Crippen LogP contribution in [0.2, 0.25) is 18.1 Å². The largest absolute Gasteiger partial charge is 0.355 e. The molecule has 0 radical (unpaired) electrons. The van der Waals surface area contributed by atoms with E-state index in [-0.39, 0.29) is 10.8 Å². The number of nitrogens with one attached hydrogen (secondary N) is 1. The minimum atomic E-state index is -1.58. The van der Waals surface area contributed by atoms with Gasteiger partial charge in [0.2, 0.25) is 0 Å². The predicted molar refractivity (Wildman–Crippen MR) is 152 cm³/mol. The summed E-state index contributed by atoms with van der Waals surface area (Å²) >= 11 is 5.06. The number of anilines is 2. The summed E-state index contributed by atoms with van der Waals surface area (Å²) in [5.41, 5.74) is 5.25. The highest BCUT2D eigenvalue weighted by Gasteiger charge is 2.34. The van der Waals surface area contributed by atoms with Crippen LogP contribution >= 0.6 is 12.6 Å². The average Bonchev–Trinajstić information content (AvgIpc) is 2.68. The molecule has 2 rings (SSSR count). The Labute approximate surface area is 205 Å². The second-order valence-corrected chi connectivity index (χ2v) is 16.7. The normalized spacial score (nSPS) is 12.8. The number of hydrogen-bond acceptors (Lipinski definition) is 2. The molecule has 0 amide bonds. The molecule has 0 heterocycles. The molecule has 0 fully saturated rings. The minimum Gasteiger partial charge on any atom is -0.355 e. The molecular weight excluding hydrogens is 422 g/mol. The van der Waals surface area contributed by atoms with Crippen molar-refractivity contribution in [1.82, 2.24) is 0 Å². The Morgan fingerprint density at radius 2 is 1.28 bits per heavy atom. The summed E-state index contributed by atoms with van der Waals surface area (Å²) in [7, 11) is -1.58. The third kappa shape index (κ3) is 6.23. The second kappa shape index (κ2) is 10.8. The fourth-order valence-electron chi connectivity index (χ4n) is 5.15. The summed E-state index contributed by atoms with van der Waals surface area (Å²) in [6, 6.07) is 18.0. The lowest BCUT2D eigenvalue weighted by Gasteiger charge is -2.34. The first kappa shape index (κ1) is 27.1. The molecule has 178 valence electrons. The van der Waals surface area contributed by atoms with Crippen molar-refractivity contribution >= 4 is 37.3 Å². The molecular formula is C29H47NSSi. The van der Waals surface area contributed by atoms with Gasteiger partial charge >= 0.3 is 0 Å². The van der Waals surface area contributed by atoms with Gasteiger partial charge in [0.15, 0.2) is 0 Å². The van der Waals surface area contributed by atoms with Gasteiger partial charge in [0.1, 0.15) is 0 Å². The third-order valence-corrected chi connectivity index (χ3v) is 13.2. The van der Waals surface area contributed by atoms with Crippen LogP contribution in [-0.4, -0.2) is 8.07 Å². The molecule has 0 saturated heterocycles. The number of benzene rings is 2. The molecule has 0 aliphatic rings. The number of para-hydroxylation sites is 1. The zero-order valence-electron chi connectivity index (χ0n) is 22.2. The van der Waals surface area contributed by atoms with E-state index in [1.165, 1.54) is 54.2 Å². The van der Waals surface area contributed by atoms with Gasteiger partial charge in [-0.25, -0.2) is 0 Å². The van der Waals surface area contributed by atoms with Gasteiger partial charge in [0.25, 0.3) is 0 Å². The van der Waals surface area contributed by atoms with Gasteiger partial charge in [-0.2, -0.15) is 0 Å². The topological polar surface area (TPSA) is 12.0 Å². The Morgan fingerprint density at radius 3 is 1.75 bits per heavy atom. The summed E-state index contributed by atoms with van der Waals surface area (Å²) in [5, 5.41) is 5.51. The Balaban J connectivity index is 2.68. The van der Waals surface area contributed by atoms with E-state index in [1.807, 2.05) is 0 Å². The maximum absolute atomic E-state index is 5.06. The molecule has 0 bridgehead atoms. The van der Waals surface area contributed by atoms with Gasteiger partial charge < -0.3 is 5.32 Å². The van der Waals surface area contributed by atoms with E-state index < -0.39 is 8.07 Å². The van der Waals surface area contributed by atoms with Gasteiger partial charge in [-0.3, -0.25) is 0 Å². The van der Waals surface area contributed by atoms with E-state index in [9.17, 15) is 0 Å². The Kier molecular flexibility index (Phi) is 9.15. The lowest BCUT2D eigenvalue weighted by atomic mass is 9.80. The first-order valence-electron chi connectivity index (χ1n) is 12.6.